The molecule has 0 aromatic carbocycles. The van der Waals surface area contributed by atoms with Gasteiger partial charge in [-0.3, -0.25) is 0 Å². The average Bonchev–Trinajstić information content (AvgIpc) is 1.86. The van der Waals surface area contributed by atoms with Gasteiger partial charge in [0.05, 0.1) is 0 Å². The van der Waals surface area contributed by atoms with Crippen LogP contribution in [0.5, 0.6) is 0 Å². The molecule has 1 fully saturated rings. The molecule has 1 saturated carbocycles. The first-order chi connectivity index (χ1) is 2.89. The second-order valence-electron chi connectivity index (χ2n) is 1.88. The Balaban J connectivity index is 2.18. The average molecular weight is 87.1 g/mol. The highest BCUT2D eigenvalue weighted by molar-refractivity contribution is 4.63. The summed E-state index contributed by atoms with van der Waals surface area (Å²) in [6.07, 6.45) is 3.41. The third-order valence-corrected chi connectivity index (χ3v) is 1.28. The Kier molecular flexibility index (Phi) is 1.08. The smallest absolute Gasteiger partial charge is 0.100 e. The highest BCUT2D eigenvalue weighted by atomic mass is 18.2. The van der Waals surface area contributed by atoms with Crippen molar-refractivity contribution in [3.8, 4) is 0 Å². The molecule has 1 aliphatic rings. The summed E-state index contributed by atoms with van der Waals surface area (Å²) < 4.78 is 11.9. The fourth-order valence-corrected chi connectivity index (χ4v) is 0.876. The van der Waals surface area contributed by atoms with E-state index in [-0.39, 0.29) is 0 Å². The van der Waals surface area contributed by atoms with E-state index >= 15 is 0 Å². The zero-order chi connectivity index (χ0) is 4.41. The van der Waals surface area contributed by atoms with Gasteiger partial charge in [0.15, 0.2) is 0 Å². The number of hydrogen-bond acceptors (Lipinski definition) is 0. The summed E-state index contributed by atoms with van der Waals surface area (Å²) in [6.45, 7) is 0. The van der Waals surface area contributed by atoms with E-state index in [9.17, 15) is 4.39 Å². The molecule has 1 aliphatic carbocycles. The number of halogens is 1. The van der Waals surface area contributed by atoms with Crippen molar-refractivity contribution < 1.29 is 4.39 Å². The summed E-state index contributed by atoms with van der Waals surface area (Å²) in [4.78, 5) is 0. The molecule has 1 rings (SSSR count). The Hall–Kier alpha value is -0.0700. The maximum atomic E-state index is 11.9. The molecular weight excluding hydrogens is 78.1 g/mol. The van der Waals surface area contributed by atoms with Crippen molar-refractivity contribution in [2.45, 2.75) is 31.9 Å². The van der Waals surface area contributed by atoms with Crippen molar-refractivity contribution in [3.63, 3.8) is 0 Å². The summed E-state index contributed by atoms with van der Waals surface area (Å²) in [5.41, 5.74) is 0. The Morgan fingerprint density at radius 1 is 1.17 bits per heavy atom. The summed E-state index contributed by atoms with van der Waals surface area (Å²) in [5.74, 6) is 0. The lowest BCUT2D eigenvalue weighted by Crippen LogP contribution is -1.85. The Morgan fingerprint density at radius 2 is 1.67 bits per heavy atom. The molecule has 0 bridgehead atoms. The van der Waals surface area contributed by atoms with Crippen molar-refractivity contribution in [3.05, 3.63) is 0 Å². The van der Waals surface area contributed by atoms with E-state index in [1.54, 1.807) is 0 Å². The molecule has 0 amide bonds. The van der Waals surface area contributed by atoms with E-state index in [1.807, 2.05) is 0 Å². The minimum atomic E-state index is -0.454. The van der Waals surface area contributed by atoms with Crippen molar-refractivity contribution in [1.82, 2.24) is 0 Å². The minimum Gasteiger partial charge on any atom is -0.247 e. The van der Waals surface area contributed by atoms with Gasteiger partial charge >= 0.3 is 0 Å². The zero-order valence-corrected chi connectivity index (χ0v) is 3.78. The van der Waals surface area contributed by atoms with Gasteiger partial charge in [-0.1, -0.05) is 12.8 Å². The molecule has 0 radical (unpaired) electrons. The molecule has 1 heteroatoms. The lowest BCUT2D eigenvalue weighted by molar-refractivity contribution is 0.343. The van der Waals surface area contributed by atoms with Crippen LogP contribution >= 0.6 is 0 Å². The van der Waals surface area contributed by atoms with Crippen molar-refractivity contribution in [2.75, 3.05) is 0 Å². The first-order valence-electron chi connectivity index (χ1n) is 2.53. The fourth-order valence-electron chi connectivity index (χ4n) is 0.876. The molecule has 6 heavy (non-hydrogen) atoms. The lowest BCUT2D eigenvalue weighted by atomic mass is 10.3. The van der Waals surface area contributed by atoms with Crippen molar-refractivity contribution >= 4 is 0 Å². The molecule has 0 spiro atoms. The molecule has 0 N–H and O–H groups in total. The molecule has 0 aromatic rings. The quantitative estimate of drug-likeness (QED) is 0.423. The molecule has 0 aromatic heterocycles. The first kappa shape index (κ1) is 4.10. The molecule has 0 atom stereocenters. The maximum Gasteiger partial charge on any atom is 0.100 e. The van der Waals surface area contributed by atoms with Gasteiger partial charge in [0.2, 0.25) is 0 Å². The predicted octanol–water partition coefficient (Wildman–Crippen LogP) is 1.90. The van der Waals surface area contributed by atoms with Gasteiger partial charge in [-0.15, -0.1) is 0 Å². The zero-order valence-electron chi connectivity index (χ0n) is 3.78. The first-order valence-corrected chi connectivity index (χ1v) is 2.53. The summed E-state index contributed by atoms with van der Waals surface area (Å²) in [6, 6.07) is 0. The van der Waals surface area contributed by atoms with Crippen molar-refractivity contribution in [2.24, 2.45) is 0 Å². The van der Waals surface area contributed by atoms with E-state index in [4.69, 9.17) is 0 Å². The number of hydrogen-bond donors (Lipinski definition) is 0. The van der Waals surface area contributed by atoms with Gasteiger partial charge in [0.25, 0.3) is 0 Å². The van der Waals surface area contributed by atoms with Crippen LogP contribution in [0.25, 0.3) is 0 Å². The minimum absolute atomic E-state index is 0.454. The van der Waals surface area contributed by atoms with Crippen LogP contribution in [0.4, 0.5) is 4.39 Å². The van der Waals surface area contributed by atoms with Crippen LogP contribution in [-0.2, 0) is 0 Å². The SMILES string of the molecule is [18F]C1CCCC1. The third kappa shape index (κ3) is 0.703. The van der Waals surface area contributed by atoms with E-state index in [0.717, 1.165) is 25.7 Å². The topological polar surface area (TPSA) is 0 Å². The summed E-state index contributed by atoms with van der Waals surface area (Å²) in [7, 11) is 0. The molecule has 0 aliphatic heterocycles. The molecule has 0 unspecified atom stereocenters. The van der Waals surface area contributed by atoms with Crippen LogP contribution in [0.2, 0.25) is 0 Å². The van der Waals surface area contributed by atoms with E-state index in [0.29, 0.717) is 0 Å². The van der Waals surface area contributed by atoms with Crippen LogP contribution in [0.15, 0.2) is 0 Å². The monoisotopic (exact) mass is 87.1 g/mol. The highest BCUT2D eigenvalue weighted by Crippen LogP contribution is 2.19. The molecular formula is C5H9F. The molecule has 0 heterocycles. The standard InChI is InChI=1S/C5H9F/c6-5-3-1-2-4-5/h5H,1-4H2/i6-1. The van der Waals surface area contributed by atoms with Gasteiger partial charge in [0, 0.05) is 0 Å². The molecule has 0 nitrogen and oxygen atoms in total. The van der Waals surface area contributed by atoms with E-state index in [1.165, 1.54) is 0 Å². The van der Waals surface area contributed by atoms with Crippen LogP contribution in [0, 0.1) is 0 Å². The van der Waals surface area contributed by atoms with Gasteiger partial charge in [-0.25, -0.2) is 4.39 Å². The lowest BCUT2D eigenvalue weighted by Gasteiger charge is -1.86. The normalized spacial score (nSPS) is 25.5. The highest BCUT2D eigenvalue weighted by Gasteiger charge is 2.11. The number of alkyl halides is 1. The summed E-state index contributed by atoms with van der Waals surface area (Å²) in [5, 5.41) is 0. The summed E-state index contributed by atoms with van der Waals surface area (Å²) >= 11 is 0. The van der Waals surface area contributed by atoms with Gasteiger partial charge in [-0.05, 0) is 12.8 Å². The molecule has 0 saturated heterocycles. The third-order valence-electron chi connectivity index (χ3n) is 1.28. The van der Waals surface area contributed by atoms with Gasteiger partial charge < -0.3 is 0 Å². The Labute approximate surface area is 37.4 Å². The largest absolute Gasteiger partial charge is 0.247 e. The van der Waals surface area contributed by atoms with Crippen molar-refractivity contribution in [1.29, 1.82) is 0 Å². The van der Waals surface area contributed by atoms with Crippen LogP contribution in [0.1, 0.15) is 25.7 Å². The van der Waals surface area contributed by atoms with Crippen LogP contribution in [0.3, 0.4) is 0 Å². The van der Waals surface area contributed by atoms with Gasteiger partial charge in [-0.2, -0.15) is 0 Å². The number of rotatable bonds is 0. The van der Waals surface area contributed by atoms with Gasteiger partial charge in [0.1, 0.15) is 6.17 Å². The second kappa shape index (κ2) is 1.59. The van der Waals surface area contributed by atoms with Crippen LogP contribution in [-0.4, -0.2) is 6.17 Å². The van der Waals surface area contributed by atoms with E-state index in [2.05, 4.69) is 0 Å². The fraction of sp³-hybridized carbons (Fsp3) is 1.00. The van der Waals surface area contributed by atoms with Crippen LogP contribution < -0.4 is 0 Å². The Bertz CT molecular complexity index is 37.2. The molecule has 36 valence electrons. The maximum absolute atomic E-state index is 11.9. The predicted molar refractivity (Wildman–Crippen MR) is 23.4 cm³/mol. The van der Waals surface area contributed by atoms with E-state index < -0.39 is 6.17 Å². The second-order valence-corrected chi connectivity index (χ2v) is 1.88. The Morgan fingerprint density at radius 3 is 1.83 bits per heavy atom.